The fourth-order valence-corrected chi connectivity index (χ4v) is 2.56. The summed E-state index contributed by atoms with van der Waals surface area (Å²) in [7, 11) is 0. The van der Waals surface area contributed by atoms with E-state index in [9.17, 15) is 0 Å². The summed E-state index contributed by atoms with van der Waals surface area (Å²) in [4.78, 5) is 5.65. The molecule has 1 aromatic carbocycles. The van der Waals surface area contributed by atoms with Gasteiger partial charge in [0.05, 0.1) is 18.0 Å². The van der Waals surface area contributed by atoms with Gasteiger partial charge in [0.1, 0.15) is 5.82 Å². The second kappa shape index (κ2) is 6.26. The van der Waals surface area contributed by atoms with Gasteiger partial charge in [0.25, 0.3) is 0 Å². The Morgan fingerprint density at radius 1 is 1.29 bits per heavy atom. The van der Waals surface area contributed by atoms with E-state index in [1.54, 1.807) is 11.8 Å². The Morgan fingerprint density at radius 2 is 2.10 bits per heavy atom. The second-order valence-corrected chi connectivity index (χ2v) is 6.02. The highest BCUT2D eigenvalue weighted by molar-refractivity contribution is 7.98. The smallest absolute Gasteiger partial charge is 0.239 e. The number of hydrogen-bond acceptors (Lipinski definition) is 5. The molecule has 110 valence electrons. The molecule has 1 saturated carbocycles. The van der Waals surface area contributed by atoms with Crippen LogP contribution < -0.4 is 15.8 Å². The van der Waals surface area contributed by atoms with Gasteiger partial charge in [0.15, 0.2) is 0 Å². The molecule has 1 heterocycles. The molecule has 2 aromatic rings. The van der Waals surface area contributed by atoms with Crippen LogP contribution in [0.25, 0.3) is 0 Å². The Morgan fingerprint density at radius 3 is 2.86 bits per heavy atom. The van der Waals surface area contributed by atoms with Gasteiger partial charge < -0.3 is 15.8 Å². The van der Waals surface area contributed by atoms with Crippen LogP contribution in [0.15, 0.2) is 41.3 Å². The second-order valence-electron chi connectivity index (χ2n) is 5.17. The van der Waals surface area contributed by atoms with Crippen molar-refractivity contribution in [3.63, 3.8) is 0 Å². The number of anilines is 3. The zero-order valence-corrected chi connectivity index (χ0v) is 12.8. The van der Waals surface area contributed by atoms with Crippen molar-refractivity contribution in [2.45, 2.75) is 17.7 Å². The molecule has 0 radical (unpaired) electrons. The van der Waals surface area contributed by atoms with Crippen molar-refractivity contribution >= 4 is 29.0 Å². The van der Waals surface area contributed by atoms with Crippen LogP contribution in [0.1, 0.15) is 12.8 Å². The molecule has 3 rings (SSSR count). The average Bonchev–Trinajstić information content (AvgIpc) is 3.32. The van der Waals surface area contributed by atoms with E-state index < -0.39 is 0 Å². The number of nitrogens with two attached hydrogens (primary N) is 1. The number of aromatic nitrogens is 1. The van der Waals surface area contributed by atoms with E-state index in [2.05, 4.69) is 22.6 Å². The monoisotopic (exact) mass is 301 g/mol. The highest BCUT2D eigenvalue weighted by Gasteiger charge is 2.22. The lowest BCUT2D eigenvalue weighted by molar-refractivity contribution is 0.290. The Hall–Kier alpha value is -1.88. The van der Waals surface area contributed by atoms with Crippen LogP contribution >= 0.6 is 11.8 Å². The molecule has 1 fully saturated rings. The van der Waals surface area contributed by atoms with Crippen molar-refractivity contribution in [1.82, 2.24) is 4.98 Å². The van der Waals surface area contributed by atoms with Crippen LogP contribution in [0.2, 0.25) is 0 Å². The van der Waals surface area contributed by atoms with Crippen LogP contribution in [0, 0.1) is 5.92 Å². The van der Waals surface area contributed by atoms with Crippen LogP contribution in [0.4, 0.5) is 17.2 Å². The molecule has 1 aromatic heterocycles. The zero-order chi connectivity index (χ0) is 14.7. The molecule has 0 spiro atoms. The van der Waals surface area contributed by atoms with Gasteiger partial charge in [-0.15, -0.1) is 11.8 Å². The number of hydrogen-bond donors (Lipinski definition) is 2. The molecular weight excluding hydrogens is 282 g/mol. The molecule has 1 aliphatic rings. The number of rotatable bonds is 6. The number of nitrogens with one attached hydrogen (secondary N) is 1. The predicted molar refractivity (Wildman–Crippen MR) is 88.4 cm³/mol. The fraction of sp³-hybridized carbons (Fsp3) is 0.312. The van der Waals surface area contributed by atoms with Gasteiger partial charge in [-0.2, -0.15) is 4.98 Å². The maximum Gasteiger partial charge on any atom is 0.239 e. The van der Waals surface area contributed by atoms with Gasteiger partial charge >= 0.3 is 0 Å². The molecule has 0 atom stereocenters. The van der Waals surface area contributed by atoms with Crippen molar-refractivity contribution in [2.75, 3.05) is 23.9 Å². The average molecular weight is 301 g/mol. The molecule has 21 heavy (non-hydrogen) atoms. The maximum atomic E-state index is 5.93. The van der Waals surface area contributed by atoms with Crippen molar-refractivity contribution in [3.05, 3.63) is 36.4 Å². The third kappa shape index (κ3) is 3.61. The number of nitrogen functional groups attached to an aromatic ring is 1. The van der Waals surface area contributed by atoms with Gasteiger partial charge in [0.2, 0.25) is 5.88 Å². The first-order valence-corrected chi connectivity index (χ1v) is 8.28. The van der Waals surface area contributed by atoms with Crippen LogP contribution in [0.5, 0.6) is 5.88 Å². The maximum absolute atomic E-state index is 5.93. The van der Waals surface area contributed by atoms with Gasteiger partial charge in [-0.1, -0.05) is 12.1 Å². The normalized spacial score (nSPS) is 14.0. The molecule has 1 aliphatic carbocycles. The molecule has 0 saturated heterocycles. The summed E-state index contributed by atoms with van der Waals surface area (Å²) in [5.41, 5.74) is 7.55. The topological polar surface area (TPSA) is 60.2 Å². The summed E-state index contributed by atoms with van der Waals surface area (Å²) in [6.45, 7) is 0.710. The molecule has 3 N–H and O–H groups in total. The number of ether oxygens (including phenoxy) is 1. The van der Waals surface area contributed by atoms with E-state index in [0.717, 1.165) is 11.5 Å². The highest BCUT2D eigenvalue weighted by atomic mass is 32.2. The van der Waals surface area contributed by atoms with Crippen molar-refractivity contribution in [2.24, 2.45) is 5.92 Å². The quantitative estimate of drug-likeness (QED) is 0.792. The van der Waals surface area contributed by atoms with E-state index >= 15 is 0 Å². The fourth-order valence-electron chi connectivity index (χ4n) is 2.00. The summed E-state index contributed by atoms with van der Waals surface area (Å²) in [5.74, 6) is 1.95. The number of para-hydroxylation sites is 1. The van der Waals surface area contributed by atoms with Crippen molar-refractivity contribution in [1.29, 1.82) is 0 Å². The molecular formula is C16H19N3OS. The number of pyridine rings is 1. The lowest BCUT2D eigenvalue weighted by Gasteiger charge is -2.12. The molecule has 5 heteroatoms. The van der Waals surface area contributed by atoms with Gasteiger partial charge in [0, 0.05) is 4.90 Å². The van der Waals surface area contributed by atoms with E-state index in [4.69, 9.17) is 10.5 Å². The van der Waals surface area contributed by atoms with E-state index in [-0.39, 0.29) is 0 Å². The first kappa shape index (κ1) is 14.1. The summed E-state index contributed by atoms with van der Waals surface area (Å²) < 4.78 is 5.71. The van der Waals surface area contributed by atoms with E-state index in [1.807, 2.05) is 30.3 Å². The van der Waals surface area contributed by atoms with E-state index in [0.29, 0.717) is 24.1 Å². The Balaban J connectivity index is 1.76. The summed E-state index contributed by atoms with van der Waals surface area (Å²) in [6, 6.07) is 11.8. The molecule has 0 bridgehead atoms. The number of nitrogens with zero attached hydrogens (tertiary/aromatic N) is 1. The predicted octanol–water partition coefficient (Wildman–Crippen LogP) is 3.92. The van der Waals surface area contributed by atoms with Gasteiger partial charge in [-0.3, -0.25) is 0 Å². The lowest BCUT2D eigenvalue weighted by atomic mass is 10.3. The third-order valence-electron chi connectivity index (χ3n) is 3.41. The largest absolute Gasteiger partial charge is 0.476 e. The highest BCUT2D eigenvalue weighted by Crippen LogP contribution is 2.32. The van der Waals surface area contributed by atoms with Crippen LogP contribution in [-0.4, -0.2) is 17.8 Å². The van der Waals surface area contributed by atoms with Crippen molar-refractivity contribution < 1.29 is 4.74 Å². The molecule has 0 unspecified atom stereocenters. The van der Waals surface area contributed by atoms with E-state index in [1.165, 1.54) is 17.7 Å². The van der Waals surface area contributed by atoms with Crippen LogP contribution in [-0.2, 0) is 0 Å². The standard InChI is InChI=1S/C16H19N3OS/c1-21-14-5-3-2-4-13(14)18-15-9-8-12(17)16(19-15)20-10-11-6-7-11/h2-5,8-9,11H,6-7,10,17H2,1H3,(H,18,19). The number of benzene rings is 1. The SMILES string of the molecule is CSc1ccccc1Nc1ccc(N)c(OCC2CC2)n1. The Kier molecular flexibility index (Phi) is 4.20. The number of thioether (sulfide) groups is 1. The summed E-state index contributed by atoms with van der Waals surface area (Å²) in [6.07, 6.45) is 4.55. The Labute approximate surface area is 129 Å². The van der Waals surface area contributed by atoms with Crippen LogP contribution in [0.3, 0.4) is 0 Å². The first-order valence-electron chi connectivity index (χ1n) is 7.05. The summed E-state index contributed by atoms with van der Waals surface area (Å²) >= 11 is 1.70. The molecule has 0 amide bonds. The zero-order valence-electron chi connectivity index (χ0n) is 12.0. The van der Waals surface area contributed by atoms with Gasteiger partial charge in [-0.25, -0.2) is 0 Å². The minimum Gasteiger partial charge on any atom is -0.476 e. The molecule has 4 nitrogen and oxygen atoms in total. The minimum atomic E-state index is 0.522. The minimum absolute atomic E-state index is 0.522. The summed E-state index contributed by atoms with van der Waals surface area (Å²) in [5, 5.41) is 3.33. The van der Waals surface area contributed by atoms with Crippen molar-refractivity contribution in [3.8, 4) is 5.88 Å². The molecule has 0 aliphatic heterocycles. The lowest BCUT2D eigenvalue weighted by Crippen LogP contribution is -2.05. The third-order valence-corrected chi connectivity index (χ3v) is 4.21. The van der Waals surface area contributed by atoms with Gasteiger partial charge in [-0.05, 0) is 49.3 Å². The Bertz CT molecular complexity index is 629. The first-order chi connectivity index (χ1) is 10.3.